The number of hydrogen-bond donors (Lipinski definition) is 0. The van der Waals surface area contributed by atoms with Crippen LogP contribution in [-0.2, 0) is 19.5 Å². The first-order valence-electron chi connectivity index (χ1n) is 6.63. The third-order valence-corrected chi connectivity index (χ3v) is 4.50. The highest BCUT2D eigenvalue weighted by Crippen LogP contribution is 2.17. The van der Waals surface area contributed by atoms with Crippen molar-refractivity contribution in [2.75, 3.05) is 0 Å². The van der Waals surface area contributed by atoms with E-state index < -0.39 is 5.56 Å². The number of nitrogens with zero attached hydrogens (tertiary/aromatic N) is 3. The van der Waals surface area contributed by atoms with E-state index in [4.69, 9.17) is 0 Å². The minimum Gasteiger partial charge on any atom is -0.296 e. The topological polar surface area (TPSA) is 67.8 Å². The Morgan fingerprint density at radius 1 is 1.29 bits per heavy atom. The fourth-order valence-electron chi connectivity index (χ4n) is 2.69. The van der Waals surface area contributed by atoms with E-state index >= 15 is 0 Å². The molecule has 21 heavy (non-hydrogen) atoms. The van der Waals surface area contributed by atoms with E-state index in [9.17, 15) is 14.9 Å². The van der Waals surface area contributed by atoms with Crippen molar-refractivity contribution in [1.29, 1.82) is 5.26 Å². The van der Waals surface area contributed by atoms with Crippen molar-refractivity contribution in [2.24, 2.45) is 0 Å². The zero-order valence-electron chi connectivity index (χ0n) is 11.2. The molecule has 5 nitrogen and oxygen atoms in total. The lowest BCUT2D eigenvalue weighted by Crippen LogP contribution is -2.42. The number of halogens is 1. The number of hydrogen-bond acceptors (Lipinski definition) is 3. The standard InChI is InChI=1S/C15H12BrN3O2/c16-12-5-2-1-4-10(12)9-19-14(20)11(8-17)13-6-3-7-18(13)15(19)21/h1-2,4-5H,3,6-7,9H2. The molecule has 1 aromatic carbocycles. The second kappa shape index (κ2) is 5.34. The Balaban J connectivity index is 2.21. The third kappa shape index (κ3) is 2.24. The zero-order chi connectivity index (χ0) is 15.0. The molecule has 1 aromatic heterocycles. The van der Waals surface area contributed by atoms with Crippen LogP contribution in [0.4, 0.5) is 0 Å². The lowest BCUT2D eigenvalue weighted by atomic mass is 10.2. The summed E-state index contributed by atoms with van der Waals surface area (Å²) < 4.78 is 3.53. The second-order valence-electron chi connectivity index (χ2n) is 4.95. The van der Waals surface area contributed by atoms with Crippen LogP contribution in [0.3, 0.4) is 0 Å². The van der Waals surface area contributed by atoms with Crippen LogP contribution in [0.25, 0.3) is 0 Å². The highest BCUT2D eigenvalue weighted by Gasteiger charge is 2.22. The van der Waals surface area contributed by atoms with Gasteiger partial charge in [-0.15, -0.1) is 0 Å². The number of aromatic nitrogens is 2. The summed E-state index contributed by atoms with van der Waals surface area (Å²) in [4.78, 5) is 24.9. The minimum atomic E-state index is -0.494. The van der Waals surface area contributed by atoms with Crippen molar-refractivity contribution in [3.63, 3.8) is 0 Å². The first-order valence-corrected chi connectivity index (χ1v) is 7.43. The molecule has 0 radical (unpaired) electrons. The fourth-order valence-corrected chi connectivity index (χ4v) is 3.10. The molecule has 3 rings (SSSR count). The predicted octanol–water partition coefficient (Wildman–Crippen LogP) is 1.64. The van der Waals surface area contributed by atoms with Gasteiger partial charge in [0.2, 0.25) is 0 Å². The molecule has 2 aromatic rings. The van der Waals surface area contributed by atoms with E-state index in [1.807, 2.05) is 30.3 Å². The molecule has 2 heterocycles. The Bertz CT molecular complexity index is 874. The lowest BCUT2D eigenvalue weighted by Gasteiger charge is -2.11. The predicted molar refractivity (Wildman–Crippen MR) is 81.2 cm³/mol. The van der Waals surface area contributed by atoms with Crippen molar-refractivity contribution in [3.05, 3.63) is 66.4 Å². The molecule has 0 atom stereocenters. The molecule has 0 unspecified atom stereocenters. The maximum atomic E-state index is 12.5. The van der Waals surface area contributed by atoms with Gasteiger partial charge < -0.3 is 0 Å². The molecule has 1 aliphatic heterocycles. The Hall–Kier alpha value is -2.13. The molecule has 0 bridgehead atoms. The Kier molecular flexibility index (Phi) is 3.52. The molecule has 0 saturated heterocycles. The third-order valence-electron chi connectivity index (χ3n) is 3.73. The van der Waals surface area contributed by atoms with Gasteiger partial charge in [0, 0.05) is 16.7 Å². The SMILES string of the molecule is N#Cc1c2n(c(=O)n(Cc3ccccc3Br)c1=O)CCC2. The summed E-state index contributed by atoms with van der Waals surface area (Å²) in [6.45, 7) is 0.729. The summed E-state index contributed by atoms with van der Waals surface area (Å²) in [7, 11) is 0. The Labute approximate surface area is 129 Å². The quantitative estimate of drug-likeness (QED) is 0.830. The van der Waals surface area contributed by atoms with Crippen molar-refractivity contribution in [1.82, 2.24) is 9.13 Å². The molecule has 0 N–H and O–H groups in total. The van der Waals surface area contributed by atoms with Gasteiger partial charge in [-0.2, -0.15) is 5.26 Å². The first kappa shape index (κ1) is 13.8. The Morgan fingerprint density at radius 2 is 2.05 bits per heavy atom. The average Bonchev–Trinajstić information content (AvgIpc) is 2.95. The van der Waals surface area contributed by atoms with Gasteiger partial charge in [-0.05, 0) is 24.5 Å². The first-order chi connectivity index (χ1) is 10.1. The highest BCUT2D eigenvalue weighted by molar-refractivity contribution is 9.10. The average molecular weight is 346 g/mol. The van der Waals surface area contributed by atoms with Crippen LogP contribution in [0, 0.1) is 11.3 Å². The summed E-state index contributed by atoms with van der Waals surface area (Å²) in [5.41, 5.74) is 0.683. The lowest BCUT2D eigenvalue weighted by molar-refractivity contribution is 0.601. The van der Waals surface area contributed by atoms with E-state index in [0.717, 1.165) is 21.0 Å². The summed E-state index contributed by atoms with van der Waals surface area (Å²) in [6, 6.07) is 9.38. The smallest absolute Gasteiger partial charge is 0.296 e. The minimum absolute atomic E-state index is 0.0964. The molecular formula is C15H12BrN3O2. The van der Waals surface area contributed by atoms with Gasteiger partial charge in [0.25, 0.3) is 5.56 Å². The number of rotatable bonds is 2. The molecule has 1 aliphatic rings. The largest absolute Gasteiger partial charge is 0.331 e. The zero-order valence-corrected chi connectivity index (χ0v) is 12.8. The summed E-state index contributed by atoms with van der Waals surface area (Å²) in [5, 5.41) is 9.23. The summed E-state index contributed by atoms with van der Waals surface area (Å²) >= 11 is 3.41. The van der Waals surface area contributed by atoms with E-state index in [0.29, 0.717) is 18.7 Å². The van der Waals surface area contributed by atoms with Gasteiger partial charge in [0.15, 0.2) is 0 Å². The number of benzene rings is 1. The van der Waals surface area contributed by atoms with Gasteiger partial charge >= 0.3 is 5.69 Å². The summed E-state index contributed by atoms with van der Waals surface area (Å²) in [5.74, 6) is 0. The molecule has 0 spiro atoms. The molecule has 6 heteroatoms. The van der Waals surface area contributed by atoms with Crippen LogP contribution in [0.15, 0.2) is 38.3 Å². The van der Waals surface area contributed by atoms with Crippen LogP contribution >= 0.6 is 15.9 Å². The maximum absolute atomic E-state index is 12.5. The van der Waals surface area contributed by atoms with Crippen molar-refractivity contribution < 1.29 is 0 Å². The van der Waals surface area contributed by atoms with Gasteiger partial charge in [0.1, 0.15) is 11.6 Å². The second-order valence-corrected chi connectivity index (χ2v) is 5.81. The van der Waals surface area contributed by atoms with Crippen LogP contribution in [-0.4, -0.2) is 9.13 Å². The molecule has 0 aliphatic carbocycles. The van der Waals surface area contributed by atoms with E-state index in [1.165, 1.54) is 0 Å². The Morgan fingerprint density at radius 3 is 2.76 bits per heavy atom. The molecule has 0 saturated carbocycles. The van der Waals surface area contributed by atoms with Crippen LogP contribution < -0.4 is 11.2 Å². The molecule has 0 amide bonds. The molecule has 106 valence electrons. The highest BCUT2D eigenvalue weighted by atomic mass is 79.9. The normalized spacial score (nSPS) is 13.0. The monoisotopic (exact) mass is 345 g/mol. The van der Waals surface area contributed by atoms with Crippen molar-refractivity contribution in [2.45, 2.75) is 25.9 Å². The van der Waals surface area contributed by atoms with E-state index in [1.54, 1.807) is 4.57 Å². The van der Waals surface area contributed by atoms with Gasteiger partial charge in [0.05, 0.1) is 6.54 Å². The van der Waals surface area contributed by atoms with Gasteiger partial charge in [-0.25, -0.2) is 4.79 Å². The van der Waals surface area contributed by atoms with Crippen LogP contribution in [0.1, 0.15) is 23.2 Å². The maximum Gasteiger partial charge on any atom is 0.331 e. The van der Waals surface area contributed by atoms with Gasteiger partial charge in [-0.1, -0.05) is 34.1 Å². The number of nitriles is 1. The van der Waals surface area contributed by atoms with E-state index in [-0.39, 0.29) is 17.8 Å². The van der Waals surface area contributed by atoms with Crippen molar-refractivity contribution >= 4 is 15.9 Å². The fraction of sp³-hybridized carbons (Fsp3) is 0.267. The molecular weight excluding hydrogens is 334 g/mol. The summed E-state index contributed by atoms with van der Waals surface area (Å²) in [6.07, 6.45) is 1.41. The number of fused-ring (bicyclic) bond motifs is 1. The van der Waals surface area contributed by atoms with Gasteiger partial charge in [-0.3, -0.25) is 13.9 Å². The van der Waals surface area contributed by atoms with Crippen molar-refractivity contribution in [3.8, 4) is 6.07 Å². The van der Waals surface area contributed by atoms with Crippen LogP contribution in [0.2, 0.25) is 0 Å². The van der Waals surface area contributed by atoms with Crippen LogP contribution in [0.5, 0.6) is 0 Å². The van der Waals surface area contributed by atoms with E-state index in [2.05, 4.69) is 15.9 Å². The molecule has 0 fully saturated rings.